The summed E-state index contributed by atoms with van der Waals surface area (Å²) < 4.78 is 0. The standard InChI is InChI=1S/C11H20N2O2S/c12-10(8-3-1-2-4-9(8)14)11(15)13-5-6-16-7-13/h8-10,14H,1-7,12H2/t8-,9+,10+/m1/s1. The predicted octanol–water partition coefficient (Wildman–Crippen LogP) is 0.398. The Morgan fingerprint density at radius 1 is 1.44 bits per heavy atom. The first-order chi connectivity index (χ1) is 7.70. The highest BCUT2D eigenvalue weighted by atomic mass is 32.2. The number of nitrogens with two attached hydrogens (primary N) is 1. The van der Waals surface area contributed by atoms with Crippen molar-refractivity contribution in [3.63, 3.8) is 0 Å². The van der Waals surface area contributed by atoms with Gasteiger partial charge in [-0.25, -0.2) is 0 Å². The number of amides is 1. The van der Waals surface area contributed by atoms with E-state index in [4.69, 9.17) is 5.73 Å². The van der Waals surface area contributed by atoms with Gasteiger partial charge < -0.3 is 15.7 Å². The van der Waals surface area contributed by atoms with Gasteiger partial charge in [-0.05, 0) is 12.8 Å². The molecule has 2 fully saturated rings. The normalized spacial score (nSPS) is 32.8. The van der Waals surface area contributed by atoms with Gasteiger partial charge in [0.05, 0.1) is 18.0 Å². The van der Waals surface area contributed by atoms with Gasteiger partial charge in [-0.15, -0.1) is 11.8 Å². The van der Waals surface area contributed by atoms with Crippen molar-refractivity contribution in [1.82, 2.24) is 4.90 Å². The lowest BCUT2D eigenvalue weighted by Gasteiger charge is -2.33. The van der Waals surface area contributed by atoms with Crippen LogP contribution < -0.4 is 5.73 Å². The van der Waals surface area contributed by atoms with Gasteiger partial charge in [0, 0.05) is 18.2 Å². The average Bonchev–Trinajstić information content (AvgIpc) is 2.81. The molecule has 1 saturated carbocycles. The molecule has 0 aromatic carbocycles. The second kappa shape index (κ2) is 5.38. The van der Waals surface area contributed by atoms with Crippen molar-refractivity contribution >= 4 is 17.7 Å². The number of aliphatic hydroxyl groups is 1. The lowest BCUT2D eigenvalue weighted by atomic mass is 9.81. The number of aliphatic hydroxyl groups excluding tert-OH is 1. The molecule has 16 heavy (non-hydrogen) atoms. The zero-order valence-corrected chi connectivity index (χ0v) is 10.3. The van der Waals surface area contributed by atoms with Crippen LogP contribution in [0.3, 0.4) is 0 Å². The lowest BCUT2D eigenvalue weighted by Crippen LogP contribution is -2.50. The largest absolute Gasteiger partial charge is 0.393 e. The molecule has 2 aliphatic rings. The van der Waals surface area contributed by atoms with Gasteiger partial charge in [0.2, 0.25) is 5.91 Å². The van der Waals surface area contributed by atoms with E-state index in [9.17, 15) is 9.90 Å². The molecular formula is C11H20N2O2S. The first-order valence-corrected chi connectivity index (χ1v) is 7.16. The van der Waals surface area contributed by atoms with Gasteiger partial charge >= 0.3 is 0 Å². The third kappa shape index (κ3) is 2.52. The van der Waals surface area contributed by atoms with Crippen molar-refractivity contribution in [3.8, 4) is 0 Å². The first kappa shape index (κ1) is 12.2. The Morgan fingerprint density at radius 2 is 2.19 bits per heavy atom. The van der Waals surface area contributed by atoms with Crippen LogP contribution in [0.25, 0.3) is 0 Å². The number of hydrogen-bond donors (Lipinski definition) is 2. The van der Waals surface area contributed by atoms with Crippen molar-refractivity contribution in [2.24, 2.45) is 11.7 Å². The van der Waals surface area contributed by atoms with Gasteiger partial charge in [-0.3, -0.25) is 4.79 Å². The second-order valence-corrected chi connectivity index (χ2v) is 5.76. The summed E-state index contributed by atoms with van der Waals surface area (Å²) in [5.74, 6) is 1.75. The van der Waals surface area contributed by atoms with Crippen molar-refractivity contribution in [3.05, 3.63) is 0 Å². The molecule has 92 valence electrons. The molecule has 5 heteroatoms. The minimum atomic E-state index is -0.506. The topological polar surface area (TPSA) is 66.6 Å². The number of carbonyl (C=O) groups is 1. The summed E-state index contributed by atoms with van der Waals surface area (Å²) in [7, 11) is 0. The highest BCUT2D eigenvalue weighted by Gasteiger charge is 2.35. The van der Waals surface area contributed by atoms with Crippen LogP contribution in [-0.2, 0) is 4.79 Å². The quantitative estimate of drug-likeness (QED) is 0.738. The van der Waals surface area contributed by atoms with Crippen LogP contribution in [0.2, 0.25) is 0 Å². The monoisotopic (exact) mass is 244 g/mol. The van der Waals surface area contributed by atoms with Crippen LogP contribution in [0.5, 0.6) is 0 Å². The molecule has 3 N–H and O–H groups in total. The molecular weight excluding hydrogens is 224 g/mol. The van der Waals surface area contributed by atoms with E-state index >= 15 is 0 Å². The van der Waals surface area contributed by atoms with Crippen LogP contribution in [0.1, 0.15) is 25.7 Å². The Balaban J connectivity index is 1.94. The molecule has 4 nitrogen and oxygen atoms in total. The van der Waals surface area contributed by atoms with Crippen molar-refractivity contribution in [1.29, 1.82) is 0 Å². The van der Waals surface area contributed by atoms with Crippen LogP contribution in [0, 0.1) is 5.92 Å². The molecule has 3 atom stereocenters. The number of thioether (sulfide) groups is 1. The number of carbonyl (C=O) groups excluding carboxylic acids is 1. The molecule has 1 heterocycles. The van der Waals surface area contributed by atoms with Crippen LogP contribution in [0.15, 0.2) is 0 Å². The van der Waals surface area contributed by atoms with Gasteiger partial charge in [0.15, 0.2) is 0 Å². The van der Waals surface area contributed by atoms with E-state index in [-0.39, 0.29) is 17.9 Å². The summed E-state index contributed by atoms with van der Waals surface area (Å²) in [6.45, 7) is 0.806. The molecule has 0 spiro atoms. The van der Waals surface area contributed by atoms with Gasteiger partial charge in [-0.2, -0.15) is 0 Å². The Kier molecular flexibility index (Phi) is 4.10. The van der Waals surface area contributed by atoms with E-state index in [1.807, 2.05) is 4.90 Å². The number of nitrogens with zero attached hydrogens (tertiary/aromatic N) is 1. The zero-order valence-electron chi connectivity index (χ0n) is 9.47. The fraction of sp³-hybridized carbons (Fsp3) is 0.909. The SMILES string of the molecule is N[C@H](C(=O)N1CCSC1)[C@@H]1CCCC[C@@H]1O. The average molecular weight is 244 g/mol. The summed E-state index contributed by atoms with van der Waals surface area (Å²) in [4.78, 5) is 13.9. The Morgan fingerprint density at radius 3 is 2.81 bits per heavy atom. The van der Waals surface area contributed by atoms with E-state index in [1.165, 1.54) is 0 Å². The van der Waals surface area contributed by atoms with Gasteiger partial charge in [0.25, 0.3) is 0 Å². The van der Waals surface area contributed by atoms with E-state index < -0.39 is 6.04 Å². The highest BCUT2D eigenvalue weighted by Crippen LogP contribution is 2.27. The third-order valence-electron chi connectivity index (χ3n) is 3.59. The van der Waals surface area contributed by atoms with E-state index in [2.05, 4.69) is 0 Å². The summed E-state index contributed by atoms with van der Waals surface area (Å²) in [6, 6.07) is -0.506. The van der Waals surface area contributed by atoms with Crippen LogP contribution in [-0.4, -0.2) is 46.2 Å². The summed E-state index contributed by atoms with van der Waals surface area (Å²) in [5.41, 5.74) is 6.00. The van der Waals surface area contributed by atoms with Gasteiger partial charge in [0.1, 0.15) is 0 Å². The van der Waals surface area contributed by atoms with E-state index in [0.717, 1.165) is 43.9 Å². The molecule has 0 bridgehead atoms. The maximum Gasteiger partial charge on any atom is 0.240 e. The Hall–Kier alpha value is -0.260. The fourth-order valence-corrected chi connectivity index (χ4v) is 3.50. The Bertz CT molecular complexity index is 256. The molecule has 2 rings (SSSR count). The van der Waals surface area contributed by atoms with Gasteiger partial charge in [-0.1, -0.05) is 12.8 Å². The molecule has 1 saturated heterocycles. The Labute approximate surface area is 101 Å². The molecule has 0 aromatic rings. The minimum Gasteiger partial charge on any atom is -0.393 e. The molecule has 0 unspecified atom stereocenters. The van der Waals surface area contributed by atoms with Crippen molar-refractivity contribution in [2.75, 3.05) is 18.2 Å². The molecule has 1 amide bonds. The number of rotatable bonds is 2. The lowest BCUT2D eigenvalue weighted by molar-refractivity contribution is -0.134. The van der Waals surface area contributed by atoms with Crippen LogP contribution >= 0.6 is 11.8 Å². The summed E-state index contributed by atoms with van der Waals surface area (Å²) in [5, 5.41) is 9.88. The summed E-state index contributed by atoms with van der Waals surface area (Å²) >= 11 is 1.76. The first-order valence-electron chi connectivity index (χ1n) is 6.00. The maximum atomic E-state index is 12.1. The third-order valence-corrected chi connectivity index (χ3v) is 4.56. The summed E-state index contributed by atoms with van der Waals surface area (Å²) in [6.07, 6.45) is 3.42. The van der Waals surface area contributed by atoms with Crippen molar-refractivity contribution < 1.29 is 9.90 Å². The smallest absolute Gasteiger partial charge is 0.240 e. The highest BCUT2D eigenvalue weighted by molar-refractivity contribution is 7.99. The number of hydrogen-bond acceptors (Lipinski definition) is 4. The molecule has 1 aliphatic carbocycles. The van der Waals surface area contributed by atoms with E-state index in [0.29, 0.717) is 0 Å². The maximum absolute atomic E-state index is 12.1. The molecule has 1 aliphatic heterocycles. The van der Waals surface area contributed by atoms with Crippen LogP contribution in [0.4, 0.5) is 0 Å². The second-order valence-electron chi connectivity index (χ2n) is 4.68. The zero-order chi connectivity index (χ0) is 11.5. The van der Waals surface area contributed by atoms with Crippen molar-refractivity contribution in [2.45, 2.75) is 37.8 Å². The minimum absolute atomic E-state index is 0.0240. The predicted molar refractivity (Wildman–Crippen MR) is 65.0 cm³/mol. The molecule has 0 aromatic heterocycles. The van der Waals surface area contributed by atoms with E-state index in [1.54, 1.807) is 11.8 Å². The fourth-order valence-electron chi connectivity index (χ4n) is 2.54. The molecule has 0 radical (unpaired) electrons.